The first-order valence-corrected chi connectivity index (χ1v) is 5.52. The van der Waals surface area contributed by atoms with Gasteiger partial charge in [0.25, 0.3) is 0 Å². The van der Waals surface area contributed by atoms with Crippen molar-refractivity contribution in [3.8, 4) is 0 Å². The Morgan fingerprint density at radius 3 is 2.57 bits per heavy atom. The van der Waals surface area contributed by atoms with Gasteiger partial charge in [0.1, 0.15) is 0 Å². The molecule has 1 aliphatic carbocycles. The van der Waals surface area contributed by atoms with Gasteiger partial charge in [-0.25, -0.2) is 0 Å². The highest BCUT2D eigenvalue weighted by atomic mass is 35.5. The topological polar surface area (TPSA) is 26.0 Å². The standard InChI is InChI=1S/C12H16ClN/c1-9-7-10(3-4-11(9)13)12(8-14)5-2-6-12/h3-4,7H,2,5-6,8,14H2,1H3. The number of hydrogen-bond donors (Lipinski definition) is 1. The van der Waals surface area contributed by atoms with Gasteiger partial charge in [-0.1, -0.05) is 30.2 Å². The molecule has 0 radical (unpaired) electrons. The molecule has 1 aromatic carbocycles. The maximum atomic E-state index is 6.00. The van der Waals surface area contributed by atoms with Crippen molar-refractivity contribution in [2.75, 3.05) is 6.54 Å². The molecular weight excluding hydrogens is 194 g/mol. The van der Waals surface area contributed by atoms with Crippen LogP contribution in [0.5, 0.6) is 0 Å². The minimum absolute atomic E-state index is 0.259. The predicted molar refractivity (Wildman–Crippen MR) is 60.8 cm³/mol. The molecule has 1 fully saturated rings. The molecule has 0 aliphatic heterocycles. The fraction of sp³-hybridized carbons (Fsp3) is 0.500. The first-order chi connectivity index (χ1) is 6.68. The van der Waals surface area contributed by atoms with Crippen molar-refractivity contribution in [2.45, 2.75) is 31.6 Å². The van der Waals surface area contributed by atoms with Crippen LogP contribution in [-0.4, -0.2) is 6.54 Å². The normalized spacial score (nSPS) is 19.1. The van der Waals surface area contributed by atoms with Crippen molar-refractivity contribution in [1.82, 2.24) is 0 Å². The minimum Gasteiger partial charge on any atom is -0.330 e. The highest BCUT2D eigenvalue weighted by Gasteiger charge is 2.37. The summed E-state index contributed by atoms with van der Waals surface area (Å²) in [4.78, 5) is 0. The van der Waals surface area contributed by atoms with Crippen molar-refractivity contribution < 1.29 is 0 Å². The largest absolute Gasteiger partial charge is 0.330 e. The summed E-state index contributed by atoms with van der Waals surface area (Å²) in [5.41, 5.74) is 8.64. The second-order valence-corrected chi connectivity index (χ2v) is 4.71. The Hall–Kier alpha value is -0.530. The van der Waals surface area contributed by atoms with E-state index in [4.69, 9.17) is 17.3 Å². The summed E-state index contributed by atoms with van der Waals surface area (Å²) in [6, 6.07) is 6.30. The fourth-order valence-electron chi connectivity index (χ4n) is 2.19. The molecule has 0 amide bonds. The summed E-state index contributed by atoms with van der Waals surface area (Å²) in [7, 11) is 0. The van der Waals surface area contributed by atoms with Crippen LogP contribution in [-0.2, 0) is 5.41 Å². The van der Waals surface area contributed by atoms with Crippen LogP contribution in [0.15, 0.2) is 18.2 Å². The van der Waals surface area contributed by atoms with Gasteiger partial charge in [0.2, 0.25) is 0 Å². The number of nitrogens with two attached hydrogens (primary N) is 1. The Balaban J connectivity index is 2.36. The average Bonchev–Trinajstić information content (AvgIpc) is 2.10. The molecule has 0 atom stereocenters. The third-order valence-electron chi connectivity index (χ3n) is 3.47. The summed E-state index contributed by atoms with van der Waals surface area (Å²) in [6.07, 6.45) is 3.76. The summed E-state index contributed by atoms with van der Waals surface area (Å²) in [5.74, 6) is 0. The van der Waals surface area contributed by atoms with Crippen LogP contribution in [0.1, 0.15) is 30.4 Å². The molecule has 0 unspecified atom stereocenters. The van der Waals surface area contributed by atoms with Gasteiger partial charge in [-0.05, 0) is 37.0 Å². The van der Waals surface area contributed by atoms with Crippen LogP contribution < -0.4 is 5.73 Å². The third kappa shape index (κ3) is 1.45. The molecule has 2 N–H and O–H groups in total. The lowest BCUT2D eigenvalue weighted by molar-refractivity contribution is 0.253. The number of halogens is 1. The van der Waals surface area contributed by atoms with E-state index in [1.54, 1.807) is 0 Å². The van der Waals surface area contributed by atoms with E-state index in [-0.39, 0.29) is 5.41 Å². The van der Waals surface area contributed by atoms with Crippen LogP contribution in [0.2, 0.25) is 5.02 Å². The van der Waals surface area contributed by atoms with E-state index in [1.807, 2.05) is 6.07 Å². The van der Waals surface area contributed by atoms with E-state index in [0.717, 1.165) is 17.1 Å². The van der Waals surface area contributed by atoms with Crippen molar-refractivity contribution in [1.29, 1.82) is 0 Å². The average molecular weight is 210 g/mol. The molecule has 1 saturated carbocycles. The third-order valence-corrected chi connectivity index (χ3v) is 3.90. The molecule has 14 heavy (non-hydrogen) atoms. The highest BCUT2D eigenvalue weighted by Crippen LogP contribution is 2.43. The van der Waals surface area contributed by atoms with E-state index in [1.165, 1.54) is 24.8 Å². The van der Waals surface area contributed by atoms with Crippen molar-refractivity contribution in [2.24, 2.45) is 5.73 Å². The van der Waals surface area contributed by atoms with Crippen LogP contribution in [0, 0.1) is 6.92 Å². The Labute approximate surface area is 90.3 Å². The second-order valence-electron chi connectivity index (χ2n) is 4.30. The molecule has 2 rings (SSSR count). The van der Waals surface area contributed by atoms with Gasteiger partial charge in [0.15, 0.2) is 0 Å². The lowest BCUT2D eigenvalue weighted by atomic mass is 9.64. The molecule has 0 bridgehead atoms. The van der Waals surface area contributed by atoms with Gasteiger partial charge in [-0.3, -0.25) is 0 Å². The van der Waals surface area contributed by atoms with Gasteiger partial charge >= 0.3 is 0 Å². The maximum Gasteiger partial charge on any atom is 0.0435 e. The molecule has 0 spiro atoms. The summed E-state index contributed by atoms with van der Waals surface area (Å²) < 4.78 is 0. The van der Waals surface area contributed by atoms with E-state index in [9.17, 15) is 0 Å². The van der Waals surface area contributed by atoms with Crippen molar-refractivity contribution >= 4 is 11.6 Å². The van der Waals surface area contributed by atoms with E-state index in [0.29, 0.717) is 0 Å². The molecule has 1 aromatic rings. The quantitative estimate of drug-likeness (QED) is 0.796. The molecule has 76 valence electrons. The maximum absolute atomic E-state index is 6.00. The lowest BCUT2D eigenvalue weighted by Crippen LogP contribution is -2.41. The molecule has 0 saturated heterocycles. The predicted octanol–water partition coefficient (Wildman–Crippen LogP) is 3.03. The molecule has 2 heteroatoms. The van der Waals surface area contributed by atoms with Crippen LogP contribution in [0.3, 0.4) is 0 Å². The Kier molecular flexibility index (Phi) is 2.54. The highest BCUT2D eigenvalue weighted by molar-refractivity contribution is 6.31. The van der Waals surface area contributed by atoms with Crippen LogP contribution in [0.4, 0.5) is 0 Å². The van der Waals surface area contributed by atoms with Crippen LogP contribution >= 0.6 is 11.6 Å². The smallest absolute Gasteiger partial charge is 0.0435 e. The van der Waals surface area contributed by atoms with Crippen LogP contribution in [0.25, 0.3) is 0 Å². The van der Waals surface area contributed by atoms with Gasteiger partial charge in [0.05, 0.1) is 0 Å². The zero-order valence-electron chi connectivity index (χ0n) is 8.52. The Morgan fingerprint density at radius 1 is 1.43 bits per heavy atom. The summed E-state index contributed by atoms with van der Waals surface area (Å²) in [5, 5.41) is 0.847. The first-order valence-electron chi connectivity index (χ1n) is 5.15. The van der Waals surface area contributed by atoms with Crippen molar-refractivity contribution in [3.05, 3.63) is 34.3 Å². The minimum atomic E-state index is 0.259. The zero-order valence-corrected chi connectivity index (χ0v) is 9.27. The second kappa shape index (κ2) is 3.56. The summed E-state index contributed by atoms with van der Waals surface area (Å²) >= 11 is 6.00. The van der Waals surface area contributed by atoms with E-state index in [2.05, 4.69) is 19.1 Å². The van der Waals surface area contributed by atoms with Gasteiger partial charge in [-0.2, -0.15) is 0 Å². The summed E-state index contributed by atoms with van der Waals surface area (Å²) in [6.45, 7) is 2.81. The number of hydrogen-bond acceptors (Lipinski definition) is 1. The number of benzene rings is 1. The molecule has 1 aliphatic rings. The van der Waals surface area contributed by atoms with E-state index < -0.39 is 0 Å². The Morgan fingerprint density at radius 2 is 2.14 bits per heavy atom. The molecular formula is C12H16ClN. The molecule has 0 aromatic heterocycles. The fourth-order valence-corrected chi connectivity index (χ4v) is 2.31. The Bertz CT molecular complexity index is 337. The molecule has 1 nitrogen and oxygen atoms in total. The van der Waals surface area contributed by atoms with Gasteiger partial charge in [0, 0.05) is 17.0 Å². The number of aryl methyl sites for hydroxylation is 1. The van der Waals surface area contributed by atoms with E-state index >= 15 is 0 Å². The van der Waals surface area contributed by atoms with Crippen molar-refractivity contribution in [3.63, 3.8) is 0 Å². The molecule has 0 heterocycles. The first kappa shape index (κ1) is 10.0. The van der Waals surface area contributed by atoms with Gasteiger partial charge in [-0.15, -0.1) is 0 Å². The zero-order chi connectivity index (χ0) is 10.2. The lowest BCUT2D eigenvalue weighted by Gasteiger charge is -2.41. The van der Waals surface area contributed by atoms with Gasteiger partial charge < -0.3 is 5.73 Å². The monoisotopic (exact) mass is 209 g/mol. The number of rotatable bonds is 2. The SMILES string of the molecule is Cc1cc(C2(CN)CCC2)ccc1Cl.